The molecule has 3 heteroatoms. The lowest BCUT2D eigenvalue weighted by molar-refractivity contribution is -0.122. The number of carbonyl (C=O) groups excluding carboxylic acids is 1. The first-order chi connectivity index (χ1) is 9.16. The van der Waals surface area contributed by atoms with Crippen LogP contribution in [-0.4, -0.2) is 5.78 Å². The predicted molar refractivity (Wildman–Crippen MR) is 78.6 cm³/mol. The first-order valence-corrected chi connectivity index (χ1v) is 7.93. The Morgan fingerprint density at radius 1 is 1.16 bits per heavy atom. The number of ketones is 1. The lowest BCUT2D eigenvalue weighted by Crippen LogP contribution is -2.18. The van der Waals surface area contributed by atoms with E-state index in [1.807, 2.05) is 0 Å². The molecule has 19 heavy (non-hydrogen) atoms. The Hall–Kier alpha value is -0.700. The van der Waals surface area contributed by atoms with Gasteiger partial charge in [0.05, 0.1) is 0 Å². The van der Waals surface area contributed by atoms with E-state index >= 15 is 0 Å². The van der Waals surface area contributed by atoms with Gasteiger partial charge in [0.15, 0.2) is 0 Å². The maximum absolute atomic E-state index is 13.7. The van der Waals surface area contributed by atoms with Crippen molar-refractivity contribution in [2.24, 2.45) is 5.92 Å². The normalized spacial score (nSPS) is 17.8. The van der Waals surface area contributed by atoms with E-state index in [1.54, 1.807) is 12.1 Å². The van der Waals surface area contributed by atoms with E-state index in [1.165, 1.54) is 25.3 Å². The highest BCUT2D eigenvalue weighted by atomic mass is 79.9. The van der Waals surface area contributed by atoms with Crippen LogP contribution in [0.4, 0.5) is 4.39 Å². The fourth-order valence-electron chi connectivity index (χ4n) is 2.78. The molecule has 1 fully saturated rings. The number of halogens is 2. The number of hydrogen-bond acceptors (Lipinski definition) is 1. The third-order valence-corrected chi connectivity index (χ3v) is 4.43. The molecule has 1 saturated carbocycles. The minimum absolute atomic E-state index is 0.142. The van der Waals surface area contributed by atoms with Crippen LogP contribution in [0.3, 0.4) is 0 Å². The highest BCUT2D eigenvalue weighted by molar-refractivity contribution is 9.10. The van der Waals surface area contributed by atoms with E-state index in [0.717, 1.165) is 25.7 Å². The summed E-state index contributed by atoms with van der Waals surface area (Å²) in [6.07, 6.45) is 8.24. The topological polar surface area (TPSA) is 17.1 Å². The highest BCUT2D eigenvalue weighted by Crippen LogP contribution is 2.25. The van der Waals surface area contributed by atoms with Crippen LogP contribution in [0.1, 0.15) is 50.5 Å². The molecule has 0 heterocycles. The average Bonchev–Trinajstić information content (AvgIpc) is 2.32. The number of Topliss-reactive ketones (excluding diaryl/α,β-unsaturated/α-hetero) is 1. The van der Waals surface area contributed by atoms with E-state index in [2.05, 4.69) is 15.9 Å². The Labute approximate surface area is 122 Å². The lowest BCUT2D eigenvalue weighted by Gasteiger charge is -2.18. The molecule has 1 aromatic carbocycles. The summed E-state index contributed by atoms with van der Waals surface area (Å²) >= 11 is 3.23. The zero-order valence-corrected chi connectivity index (χ0v) is 12.7. The molecule has 0 atom stereocenters. The largest absolute Gasteiger partial charge is 0.299 e. The van der Waals surface area contributed by atoms with Gasteiger partial charge in [0, 0.05) is 16.8 Å². The van der Waals surface area contributed by atoms with Crippen molar-refractivity contribution in [1.29, 1.82) is 0 Å². The number of benzene rings is 1. The molecular weight excluding hydrogens is 307 g/mol. The summed E-state index contributed by atoms with van der Waals surface area (Å²) in [4.78, 5) is 12.3. The molecule has 0 saturated heterocycles. The van der Waals surface area contributed by atoms with Crippen LogP contribution in [0.5, 0.6) is 0 Å². The van der Waals surface area contributed by atoms with Gasteiger partial charge in [-0.3, -0.25) is 4.79 Å². The van der Waals surface area contributed by atoms with Crippen LogP contribution >= 0.6 is 15.9 Å². The Kier molecular flexibility index (Phi) is 5.56. The molecule has 0 aromatic heterocycles. The SMILES string of the molecule is O=C(Cc1ccc(Br)cc1F)C1CCCCCCC1. The summed E-state index contributed by atoms with van der Waals surface area (Å²) in [7, 11) is 0. The number of hydrogen-bond donors (Lipinski definition) is 0. The van der Waals surface area contributed by atoms with E-state index in [0.29, 0.717) is 10.0 Å². The van der Waals surface area contributed by atoms with Gasteiger partial charge in [0.2, 0.25) is 0 Å². The van der Waals surface area contributed by atoms with E-state index < -0.39 is 0 Å². The molecule has 0 spiro atoms. The Morgan fingerprint density at radius 3 is 2.42 bits per heavy atom. The predicted octanol–water partition coefficient (Wildman–Crippen LogP) is 5.06. The van der Waals surface area contributed by atoms with Gasteiger partial charge in [-0.15, -0.1) is 0 Å². The zero-order valence-electron chi connectivity index (χ0n) is 11.1. The molecule has 1 aromatic rings. The second-order valence-electron chi connectivity index (χ2n) is 5.42. The van der Waals surface area contributed by atoms with Crippen LogP contribution in [0, 0.1) is 11.7 Å². The molecule has 1 aliphatic rings. The smallest absolute Gasteiger partial charge is 0.140 e. The van der Waals surface area contributed by atoms with Gasteiger partial charge in [0.25, 0.3) is 0 Å². The quantitative estimate of drug-likeness (QED) is 0.758. The first kappa shape index (κ1) is 14.7. The Morgan fingerprint density at radius 2 is 1.79 bits per heavy atom. The zero-order chi connectivity index (χ0) is 13.7. The van der Waals surface area contributed by atoms with Gasteiger partial charge >= 0.3 is 0 Å². The maximum Gasteiger partial charge on any atom is 0.140 e. The molecule has 1 aliphatic carbocycles. The number of rotatable bonds is 3. The van der Waals surface area contributed by atoms with Gasteiger partial charge in [-0.2, -0.15) is 0 Å². The average molecular weight is 327 g/mol. The summed E-state index contributed by atoms with van der Waals surface area (Å²) in [5, 5.41) is 0. The van der Waals surface area contributed by atoms with Crippen molar-refractivity contribution >= 4 is 21.7 Å². The van der Waals surface area contributed by atoms with Gasteiger partial charge in [-0.1, -0.05) is 54.1 Å². The van der Waals surface area contributed by atoms with Crippen molar-refractivity contribution in [3.63, 3.8) is 0 Å². The molecule has 0 N–H and O–H groups in total. The lowest BCUT2D eigenvalue weighted by atomic mass is 9.86. The van der Waals surface area contributed by atoms with Crippen LogP contribution in [0.25, 0.3) is 0 Å². The van der Waals surface area contributed by atoms with Gasteiger partial charge in [-0.25, -0.2) is 4.39 Å². The first-order valence-electron chi connectivity index (χ1n) is 7.13. The molecular formula is C16H20BrFO. The van der Waals surface area contributed by atoms with Crippen molar-refractivity contribution in [2.45, 2.75) is 51.4 Å². The molecule has 1 nitrogen and oxygen atoms in total. The summed E-state index contributed by atoms with van der Waals surface area (Å²) in [5.74, 6) is 0.0695. The summed E-state index contributed by atoms with van der Waals surface area (Å²) in [6.45, 7) is 0. The molecule has 0 radical (unpaired) electrons. The standard InChI is InChI=1S/C16H20BrFO/c17-14-9-8-13(15(18)11-14)10-16(19)12-6-4-2-1-3-5-7-12/h8-9,11-12H,1-7,10H2. The minimum atomic E-state index is -0.284. The van der Waals surface area contributed by atoms with Crippen LogP contribution in [0.2, 0.25) is 0 Å². The fraction of sp³-hybridized carbons (Fsp3) is 0.562. The third-order valence-electron chi connectivity index (χ3n) is 3.94. The molecule has 0 aliphatic heterocycles. The monoisotopic (exact) mass is 326 g/mol. The third kappa shape index (κ3) is 4.41. The van der Waals surface area contributed by atoms with Crippen LogP contribution in [-0.2, 0) is 11.2 Å². The molecule has 2 rings (SSSR count). The highest BCUT2D eigenvalue weighted by Gasteiger charge is 2.20. The van der Waals surface area contributed by atoms with E-state index in [4.69, 9.17) is 0 Å². The molecule has 0 unspecified atom stereocenters. The number of carbonyl (C=O) groups is 1. The Bertz CT molecular complexity index is 436. The van der Waals surface area contributed by atoms with Gasteiger partial charge in [0.1, 0.15) is 11.6 Å². The van der Waals surface area contributed by atoms with Crippen molar-refractivity contribution in [1.82, 2.24) is 0 Å². The van der Waals surface area contributed by atoms with Crippen molar-refractivity contribution in [2.75, 3.05) is 0 Å². The molecule has 104 valence electrons. The van der Waals surface area contributed by atoms with E-state index in [-0.39, 0.29) is 23.9 Å². The van der Waals surface area contributed by atoms with Crippen LogP contribution in [0.15, 0.2) is 22.7 Å². The second kappa shape index (κ2) is 7.18. The fourth-order valence-corrected chi connectivity index (χ4v) is 3.11. The molecule has 0 amide bonds. The summed E-state index contributed by atoms with van der Waals surface area (Å²) in [5.41, 5.74) is 0.523. The van der Waals surface area contributed by atoms with Crippen LogP contribution < -0.4 is 0 Å². The van der Waals surface area contributed by atoms with Gasteiger partial charge < -0.3 is 0 Å². The molecule has 0 bridgehead atoms. The van der Waals surface area contributed by atoms with Crippen molar-refractivity contribution < 1.29 is 9.18 Å². The van der Waals surface area contributed by atoms with E-state index in [9.17, 15) is 9.18 Å². The summed E-state index contributed by atoms with van der Waals surface area (Å²) in [6, 6.07) is 4.94. The Balaban J connectivity index is 1.98. The minimum Gasteiger partial charge on any atom is -0.299 e. The summed E-state index contributed by atoms with van der Waals surface area (Å²) < 4.78 is 14.5. The van der Waals surface area contributed by atoms with Crippen molar-refractivity contribution in [3.8, 4) is 0 Å². The van der Waals surface area contributed by atoms with Crippen molar-refractivity contribution in [3.05, 3.63) is 34.1 Å². The second-order valence-corrected chi connectivity index (χ2v) is 6.34. The maximum atomic E-state index is 13.7. The van der Waals surface area contributed by atoms with Gasteiger partial charge in [-0.05, 0) is 30.5 Å².